The summed E-state index contributed by atoms with van der Waals surface area (Å²) in [5.41, 5.74) is 6.68. The summed E-state index contributed by atoms with van der Waals surface area (Å²) in [4.78, 5) is 15.5. The van der Waals surface area contributed by atoms with Crippen LogP contribution in [0.1, 0.15) is 0 Å². The van der Waals surface area contributed by atoms with Gasteiger partial charge in [-0.05, 0) is 12.1 Å². The van der Waals surface area contributed by atoms with E-state index in [1.54, 1.807) is 18.2 Å². The van der Waals surface area contributed by atoms with Crippen LogP contribution in [-0.4, -0.2) is 38.4 Å². The van der Waals surface area contributed by atoms with Crippen LogP contribution in [0.25, 0.3) is 0 Å². The molecule has 1 aromatic carbocycles. The van der Waals surface area contributed by atoms with Crippen LogP contribution < -0.4 is 15.8 Å². The number of ether oxygens (including phenoxy) is 2. The molecule has 1 rings (SSSR count). The molecule has 0 saturated carbocycles. The highest BCUT2D eigenvalue weighted by Crippen LogP contribution is 2.29. The van der Waals surface area contributed by atoms with Crippen molar-refractivity contribution in [1.29, 1.82) is 0 Å². The molecule has 0 saturated heterocycles. The number of benzene rings is 1. The van der Waals surface area contributed by atoms with Crippen molar-refractivity contribution in [3.05, 3.63) is 18.2 Å². The number of nitrogens with two attached hydrogens (primary N) is 1. The number of rotatable bonds is 6. The highest BCUT2D eigenvalue weighted by Gasteiger charge is 2.08. The molecule has 1 aromatic rings. The zero-order chi connectivity index (χ0) is 14.3. The van der Waals surface area contributed by atoms with Gasteiger partial charge in [-0.15, -0.1) is 11.6 Å². The van der Waals surface area contributed by atoms with Gasteiger partial charge < -0.3 is 20.5 Å². The molecule has 0 spiro atoms. The molecule has 104 valence electrons. The van der Waals surface area contributed by atoms with Gasteiger partial charge >= 0.3 is 0 Å². The summed E-state index contributed by atoms with van der Waals surface area (Å²) in [7, 11) is 2.95. The molecule has 0 unspecified atom stereocenters. The number of carbonyl (C=O) groups is 1. The number of amidine groups is 1. The Morgan fingerprint density at radius 3 is 2.79 bits per heavy atom. The highest BCUT2D eigenvalue weighted by atomic mass is 35.5. The summed E-state index contributed by atoms with van der Waals surface area (Å²) in [6, 6.07) is 5.03. The number of halogens is 1. The smallest absolute Gasteiger partial charge is 0.250 e. The summed E-state index contributed by atoms with van der Waals surface area (Å²) in [6.45, 7) is -0.0255. The molecule has 0 aliphatic heterocycles. The van der Waals surface area contributed by atoms with Crippen LogP contribution in [0.3, 0.4) is 0 Å². The quantitative estimate of drug-likeness (QED) is 0.471. The van der Waals surface area contributed by atoms with Crippen molar-refractivity contribution >= 4 is 34.7 Å². The van der Waals surface area contributed by atoms with E-state index in [4.69, 9.17) is 26.8 Å². The Morgan fingerprint density at radius 1 is 1.47 bits per heavy atom. The Morgan fingerprint density at radius 2 is 2.21 bits per heavy atom. The molecule has 0 aliphatic rings. The van der Waals surface area contributed by atoms with E-state index in [1.165, 1.54) is 14.2 Å². The van der Waals surface area contributed by atoms with E-state index >= 15 is 0 Å². The van der Waals surface area contributed by atoms with Crippen LogP contribution in [0.15, 0.2) is 23.2 Å². The van der Waals surface area contributed by atoms with Crippen molar-refractivity contribution in [2.45, 2.75) is 0 Å². The van der Waals surface area contributed by atoms with Gasteiger partial charge in [-0.25, -0.2) is 4.99 Å². The molecule has 0 atom stereocenters. The Hall–Kier alpha value is -1.79. The normalized spacial score (nSPS) is 11.2. The standard InChI is InChI=1S/C12H16ClN3O3/c1-18-7-12(17)16-9-4-3-8(5-10(9)19-2)15-11(14)6-13/h3-5H,6-7H2,1-2H3,(H2,14,15)(H,16,17). The van der Waals surface area contributed by atoms with Crippen molar-refractivity contribution in [3.63, 3.8) is 0 Å². The summed E-state index contributed by atoms with van der Waals surface area (Å²) in [5, 5.41) is 2.66. The number of amides is 1. The Kier molecular flexibility index (Phi) is 6.11. The predicted octanol–water partition coefficient (Wildman–Crippen LogP) is 1.51. The lowest BCUT2D eigenvalue weighted by atomic mass is 10.2. The van der Waals surface area contributed by atoms with E-state index < -0.39 is 0 Å². The lowest BCUT2D eigenvalue weighted by Crippen LogP contribution is -2.17. The Balaban J connectivity index is 2.93. The first kappa shape index (κ1) is 15.3. The molecule has 0 radical (unpaired) electrons. The number of nitrogens with zero attached hydrogens (tertiary/aromatic N) is 1. The number of nitrogens with one attached hydrogen (secondary N) is 1. The van der Waals surface area contributed by atoms with E-state index in [0.29, 0.717) is 23.0 Å². The first-order valence-electron chi connectivity index (χ1n) is 5.46. The largest absolute Gasteiger partial charge is 0.494 e. The van der Waals surface area contributed by atoms with Gasteiger partial charge in [0, 0.05) is 13.2 Å². The first-order valence-corrected chi connectivity index (χ1v) is 6.00. The van der Waals surface area contributed by atoms with Crippen LogP contribution in [-0.2, 0) is 9.53 Å². The molecule has 6 nitrogen and oxygen atoms in total. The molecule has 0 heterocycles. The van der Waals surface area contributed by atoms with Crippen LogP contribution in [0.4, 0.5) is 11.4 Å². The molecule has 7 heteroatoms. The Bertz CT molecular complexity index is 477. The number of anilines is 1. The van der Waals surface area contributed by atoms with Crippen molar-refractivity contribution in [2.24, 2.45) is 10.7 Å². The van der Waals surface area contributed by atoms with Gasteiger partial charge in [0.15, 0.2) is 0 Å². The zero-order valence-electron chi connectivity index (χ0n) is 10.8. The lowest BCUT2D eigenvalue weighted by molar-refractivity contribution is -0.119. The summed E-state index contributed by atoms with van der Waals surface area (Å²) in [6.07, 6.45) is 0. The second kappa shape index (κ2) is 7.60. The number of hydrogen-bond donors (Lipinski definition) is 2. The van der Waals surface area contributed by atoms with Crippen LogP contribution in [0, 0.1) is 0 Å². The predicted molar refractivity (Wildman–Crippen MR) is 75.5 cm³/mol. The van der Waals surface area contributed by atoms with E-state index in [-0.39, 0.29) is 18.4 Å². The van der Waals surface area contributed by atoms with Gasteiger partial charge in [0.1, 0.15) is 18.2 Å². The number of hydrogen-bond acceptors (Lipinski definition) is 4. The van der Waals surface area contributed by atoms with Gasteiger partial charge in [-0.2, -0.15) is 0 Å². The molecular formula is C12H16ClN3O3. The average Bonchev–Trinajstić information content (AvgIpc) is 2.40. The minimum absolute atomic E-state index is 0.0255. The van der Waals surface area contributed by atoms with E-state index in [1.807, 2.05) is 0 Å². The van der Waals surface area contributed by atoms with Gasteiger partial charge in [-0.3, -0.25) is 4.79 Å². The maximum atomic E-state index is 11.4. The van der Waals surface area contributed by atoms with E-state index in [9.17, 15) is 4.79 Å². The minimum Gasteiger partial charge on any atom is -0.494 e. The second-order valence-corrected chi connectivity index (χ2v) is 3.87. The maximum Gasteiger partial charge on any atom is 0.250 e. The number of methoxy groups -OCH3 is 2. The highest BCUT2D eigenvalue weighted by molar-refractivity contribution is 6.28. The third-order valence-electron chi connectivity index (χ3n) is 2.14. The third kappa shape index (κ3) is 4.76. The van der Waals surface area contributed by atoms with Crippen molar-refractivity contribution < 1.29 is 14.3 Å². The van der Waals surface area contributed by atoms with Crippen LogP contribution >= 0.6 is 11.6 Å². The molecule has 19 heavy (non-hydrogen) atoms. The van der Waals surface area contributed by atoms with Gasteiger partial charge in [0.25, 0.3) is 0 Å². The molecule has 1 amide bonds. The fourth-order valence-electron chi connectivity index (χ4n) is 1.37. The van der Waals surface area contributed by atoms with Crippen molar-refractivity contribution in [1.82, 2.24) is 0 Å². The van der Waals surface area contributed by atoms with Crippen LogP contribution in [0.5, 0.6) is 5.75 Å². The molecule has 0 aliphatic carbocycles. The minimum atomic E-state index is -0.266. The molecule has 0 bridgehead atoms. The van der Waals surface area contributed by atoms with Gasteiger partial charge in [0.2, 0.25) is 5.91 Å². The molecule has 0 aromatic heterocycles. The number of carbonyl (C=O) groups excluding carboxylic acids is 1. The van der Waals surface area contributed by atoms with Crippen LogP contribution in [0.2, 0.25) is 0 Å². The maximum absolute atomic E-state index is 11.4. The lowest BCUT2D eigenvalue weighted by Gasteiger charge is -2.10. The SMILES string of the molecule is COCC(=O)Nc1ccc(N=C(N)CCl)cc1OC. The van der Waals surface area contributed by atoms with E-state index in [2.05, 4.69) is 10.3 Å². The summed E-state index contributed by atoms with van der Waals surface area (Å²) < 4.78 is 9.92. The summed E-state index contributed by atoms with van der Waals surface area (Å²) in [5.74, 6) is 0.666. The Labute approximate surface area is 116 Å². The number of alkyl halides is 1. The van der Waals surface area contributed by atoms with E-state index in [0.717, 1.165) is 0 Å². The average molecular weight is 286 g/mol. The second-order valence-electron chi connectivity index (χ2n) is 3.60. The fraction of sp³-hybridized carbons (Fsp3) is 0.333. The van der Waals surface area contributed by atoms with Crippen molar-refractivity contribution in [3.8, 4) is 5.75 Å². The fourth-order valence-corrected chi connectivity index (χ4v) is 1.43. The monoisotopic (exact) mass is 285 g/mol. The van der Waals surface area contributed by atoms with Gasteiger partial charge in [-0.1, -0.05) is 0 Å². The topological polar surface area (TPSA) is 85.9 Å². The number of aliphatic imine (C=N–C) groups is 1. The first-order chi connectivity index (χ1) is 9.10. The summed E-state index contributed by atoms with van der Waals surface area (Å²) >= 11 is 5.55. The zero-order valence-corrected chi connectivity index (χ0v) is 11.5. The molecule has 0 fully saturated rings. The van der Waals surface area contributed by atoms with Gasteiger partial charge in [0.05, 0.1) is 24.4 Å². The molecular weight excluding hydrogens is 270 g/mol. The third-order valence-corrected chi connectivity index (χ3v) is 2.42. The van der Waals surface area contributed by atoms with Crippen molar-refractivity contribution in [2.75, 3.05) is 32.0 Å². The molecule has 3 N–H and O–H groups in total.